The maximum atomic E-state index is 11.8. The SMILES string of the molecule is CNc1nc(N(C)CC(=O)NC(C)C)c2[nH]cnc2n1. The predicted octanol–water partition coefficient (Wildman–Crippen LogP) is 0.355. The van der Waals surface area contributed by atoms with Gasteiger partial charge >= 0.3 is 0 Å². The number of likely N-dealkylation sites (N-methyl/N-ethyl adjacent to an activating group) is 1. The summed E-state index contributed by atoms with van der Waals surface area (Å²) in [6.07, 6.45) is 1.56. The molecule has 0 fully saturated rings. The third kappa shape index (κ3) is 2.95. The van der Waals surface area contributed by atoms with Crippen LogP contribution in [0.25, 0.3) is 11.2 Å². The van der Waals surface area contributed by atoms with E-state index in [9.17, 15) is 4.79 Å². The number of nitrogens with one attached hydrogen (secondary N) is 3. The molecule has 0 aliphatic heterocycles. The highest BCUT2D eigenvalue weighted by atomic mass is 16.2. The Morgan fingerprint density at radius 3 is 2.85 bits per heavy atom. The third-order valence-corrected chi connectivity index (χ3v) is 2.68. The van der Waals surface area contributed by atoms with Gasteiger partial charge in [0.2, 0.25) is 11.9 Å². The number of fused-ring (bicyclic) bond motifs is 1. The molecule has 3 N–H and O–H groups in total. The van der Waals surface area contributed by atoms with E-state index in [1.807, 2.05) is 20.9 Å². The Morgan fingerprint density at radius 1 is 1.45 bits per heavy atom. The molecule has 2 heterocycles. The summed E-state index contributed by atoms with van der Waals surface area (Å²) in [5, 5.41) is 5.73. The van der Waals surface area contributed by atoms with Gasteiger partial charge in [0, 0.05) is 20.1 Å². The Bertz CT molecular complexity index is 607. The molecule has 2 aromatic rings. The first kappa shape index (κ1) is 14.0. The largest absolute Gasteiger partial charge is 0.357 e. The molecule has 0 radical (unpaired) electrons. The zero-order valence-electron chi connectivity index (χ0n) is 12.1. The van der Waals surface area contributed by atoms with Crippen LogP contribution < -0.4 is 15.5 Å². The van der Waals surface area contributed by atoms with Gasteiger partial charge in [-0.3, -0.25) is 4.79 Å². The van der Waals surface area contributed by atoms with E-state index in [0.717, 1.165) is 0 Å². The first-order chi connectivity index (χ1) is 9.51. The van der Waals surface area contributed by atoms with Crippen LogP contribution in [0.1, 0.15) is 13.8 Å². The molecule has 0 aliphatic rings. The Hall–Kier alpha value is -2.38. The lowest BCUT2D eigenvalue weighted by atomic mass is 10.3. The molecule has 0 spiro atoms. The highest BCUT2D eigenvalue weighted by molar-refractivity contribution is 5.88. The Labute approximate surface area is 117 Å². The smallest absolute Gasteiger partial charge is 0.239 e. The minimum atomic E-state index is -0.0558. The van der Waals surface area contributed by atoms with Crippen molar-refractivity contribution in [3.63, 3.8) is 0 Å². The standard InChI is InChI=1S/C12H19N7O/c1-7(2)16-8(20)5-19(4)11-9-10(15-6-14-9)17-12(13-3)18-11/h6-7H,5H2,1-4H3,(H,16,20)(H2,13,14,15,17,18). The second-order valence-electron chi connectivity index (χ2n) is 4.80. The molecule has 0 atom stereocenters. The van der Waals surface area contributed by atoms with Crippen molar-refractivity contribution in [2.75, 3.05) is 30.9 Å². The van der Waals surface area contributed by atoms with Crippen molar-refractivity contribution in [1.82, 2.24) is 25.3 Å². The fraction of sp³-hybridized carbons (Fsp3) is 0.500. The molecule has 20 heavy (non-hydrogen) atoms. The molecule has 0 aromatic carbocycles. The number of hydrogen-bond acceptors (Lipinski definition) is 6. The molecule has 0 unspecified atom stereocenters. The number of amides is 1. The van der Waals surface area contributed by atoms with Gasteiger partial charge in [-0.1, -0.05) is 0 Å². The van der Waals surface area contributed by atoms with Crippen molar-refractivity contribution in [3.8, 4) is 0 Å². The third-order valence-electron chi connectivity index (χ3n) is 2.68. The summed E-state index contributed by atoms with van der Waals surface area (Å²) >= 11 is 0. The van der Waals surface area contributed by atoms with E-state index in [4.69, 9.17) is 0 Å². The van der Waals surface area contributed by atoms with Crippen LogP contribution in [0.5, 0.6) is 0 Å². The maximum absolute atomic E-state index is 11.8. The van der Waals surface area contributed by atoms with Crippen LogP contribution in [0.4, 0.5) is 11.8 Å². The number of carbonyl (C=O) groups excluding carboxylic acids is 1. The molecule has 8 nitrogen and oxygen atoms in total. The lowest BCUT2D eigenvalue weighted by molar-refractivity contribution is -0.120. The molecule has 108 valence electrons. The molecular weight excluding hydrogens is 258 g/mol. The van der Waals surface area contributed by atoms with Crippen LogP contribution in [0, 0.1) is 0 Å². The van der Waals surface area contributed by atoms with Gasteiger partial charge in [0.15, 0.2) is 11.5 Å². The molecule has 0 aliphatic carbocycles. The molecular formula is C12H19N7O. The van der Waals surface area contributed by atoms with Gasteiger partial charge in [-0.25, -0.2) is 4.98 Å². The van der Waals surface area contributed by atoms with Gasteiger partial charge in [0.05, 0.1) is 12.9 Å². The molecule has 2 rings (SSSR count). The van der Waals surface area contributed by atoms with E-state index in [1.54, 1.807) is 18.3 Å². The average molecular weight is 277 g/mol. The zero-order chi connectivity index (χ0) is 14.7. The normalized spacial score (nSPS) is 10.8. The predicted molar refractivity (Wildman–Crippen MR) is 77.8 cm³/mol. The van der Waals surface area contributed by atoms with Gasteiger partial charge in [0.1, 0.15) is 5.52 Å². The molecule has 1 amide bonds. The van der Waals surface area contributed by atoms with Crippen molar-refractivity contribution >= 4 is 28.8 Å². The number of H-pyrrole nitrogens is 1. The van der Waals surface area contributed by atoms with E-state index in [-0.39, 0.29) is 18.5 Å². The van der Waals surface area contributed by atoms with E-state index < -0.39 is 0 Å². The van der Waals surface area contributed by atoms with Gasteiger partial charge in [-0.2, -0.15) is 9.97 Å². The number of nitrogens with zero attached hydrogens (tertiary/aromatic N) is 4. The number of anilines is 2. The summed E-state index contributed by atoms with van der Waals surface area (Å²) in [6, 6.07) is 0.112. The molecule has 0 bridgehead atoms. The lowest BCUT2D eigenvalue weighted by Crippen LogP contribution is -2.39. The minimum Gasteiger partial charge on any atom is -0.357 e. The molecule has 2 aromatic heterocycles. The summed E-state index contributed by atoms with van der Waals surface area (Å²) < 4.78 is 0. The van der Waals surface area contributed by atoms with Crippen LogP contribution in [-0.2, 0) is 4.79 Å². The van der Waals surface area contributed by atoms with Crippen molar-refractivity contribution < 1.29 is 4.79 Å². The Balaban J connectivity index is 2.26. The van der Waals surface area contributed by atoms with Crippen molar-refractivity contribution in [3.05, 3.63) is 6.33 Å². The number of aromatic amines is 1. The zero-order valence-corrected chi connectivity index (χ0v) is 12.1. The van der Waals surface area contributed by atoms with Crippen LogP contribution >= 0.6 is 0 Å². The summed E-state index contributed by atoms with van der Waals surface area (Å²) in [7, 11) is 3.55. The highest BCUT2D eigenvalue weighted by Gasteiger charge is 2.15. The van der Waals surface area contributed by atoms with E-state index >= 15 is 0 Å². The topological polar surface area (TPSA) is 98.8 Å². The van der Waals surface area contributed by atoms with E-state index in [2.05, 4.69) is 30.6 Å². The second kappa shape index (κ2) is 5.72. The number of imidazole rings is 1. The van der Waals surface area contributed by atoms with Crippen LogP contribution in [0.3, 0.4) is 0 Å². The van der Waals surface area contributed by atoms with E-state index in [1.165, 1.54) is 0 Å². The number of rotatable bonds is 5. The van der Waals surface area contributed by atoms with Gasteiger partial charge < -0.3 is 20.5 Å². The first-order valence-corrected chi connectivity index (χ1v) is 6.40. The molecule has 0 saturated carbocycles. The maximum Gasteiger partial charge on any atom is 0.239 e. The van der Waals surface area contributed by atoms with Crippen LogP contribution in [0.15, 0.2) is 6.33 Å². The quantitative estimate of drug-likeness (QED) is 0.729. The van der Waals surface area contributed by atoms with Crippen LogP contribution in [0.2, 0.25) is 0 Å². The first-order valence-electron chi connectivity index (χ1n) is 6.40. The number of carbonyl (C=O) groups is 1. The Kier molecular flexibility index (Phi) is 4.02. The Morgan fingerprint density at radius 2 is 2.20 bits per heavy atom. The second-order valence-corrected chi connectivity index (χ2v) is 4.80. The van der Waals surface area contributed by atoms with Crippen molar-refractivity contribution in [2.24, 2.45) is 0 Å². The van der Waals surface area contributed by atoms with Gasteiger partial charge in [0.25, 0.3) is 0 Å². The van der Waals surface area contributed by atoms with Gasteiger partial charge in [-0.05, 0) is 13.8 Å². The summed E-state index contributed by atoms with van der Waals surface area (Å²) in [5.74, 6) is 1.05. The number of hydrogen-bond donors (Lipinski definition) is 3. The van der Waals surface area contributed by atoms with Crippen molar-refractivity contribution in [1.29, 1.82) is 0 Å². The summed E-state index contributed by atoms with van der Waals surface area (Å²) in [6.45, 7) is 4.07. The van der Waals surface area contributed by atoms with Crippen molar-refractivity contribution in [2.45, 2.75) is 19.9 Å². The summed E-state index contributed by atoms with van der Waals surface area (Å²) in [5.41, 5.74) is 1.28. The van der Waals surface area contributed by atoms with E-state index in [0.29, 0.717) is 22.9 Å². The summed E-state index contributed by atoms with van der Waals surface area (Å²) in [4.78, 5) is 29.3. The fourth-order valence-electron chi connectivity index (χ4n) is 1.86. The average Bonchev–Trinajstić information content (AvgIpc) is 2.84. The molecule has 0 saturated heterocycles. The minimum absolute atomic E-state index is 0.0558. The number of aromatic nitrogens is 4. The molecule has 8 heteroatoms. The monoisotopic (exact) mass is 277 g/mol. The lowest BCUT2D eigenvalue weighted by Gasteiger charge is -2.19. The highest BCUT2D eigenvalue weighted by Crippen LogP contribution is 2.21. The van der Waals surface area contributed by atoms with Crippen LogP contribution in [-0.4, -0.2) is 52.5 Å². The van der Waals surface area contributed by atoms with Gasteiger partial charge in [-0.15, -0.1) is 0 Å². The fourth-order valence-corrected chi connectivity index (χ4v) is 1.86.